The largest absolute Gasteiger partial charge is 0.453 e. The number of fused-ring (bicyclic) bond motifs is 4. The number of imidazole rings is 1. The third kappa shape index (κ3) is 6.79. The number of H-pyrrole nitrogens is 1. The number of nitrogens with zero attached hydrogens (tertiary/aromatic N) is 5. The van der Waals surface area contributed by atoms with Gasteiger partial charge in [-0.2, -0.15) is 4.68 Å². The first-order valence-corrected chi connectivity index (χ1v) is 13.2. The van der Waals surface area contributed by atoms with Crippen LogP contribution in [0.15, 0.2) is 55.0 Å². The number of halogens is 1. The molecule has 3 heterocycles. The first kappa shape index (κ1) is 28.4. The van der Waals surface area contributed by atoms with Gasteiger partial charge in [-0.25, -0.2) is 9.78 Å². The zero-order valence-corrected chi connectivity index (χ0v) is 23.0. The van der Waals surface area contributed by atoms with E-state index in [1.165, 1.54) is 24.2 Å². The minimum absolute atomic E-state index is 0.0312. The number of benzene rings is 2. The minimum Gasteiger partial charge on any atom is -0.453 e. The number of aromatic nitrogens is 6. The lowest BCUT2D eigenvalue weighted by Crippen LogP contribution is -2.31. The molecule has 4 aromatic rings. The van der Waals surface area contributed by atoms with Crippen LogP contribution < -0.4 is 16.0 Å². The van der Waals surface area contributed by atoms with Crippen LogP contribution in [-0.2, 0) is 14.3 Å². The number of nitrogens with one attached hydrogen (secondary N) is 4. The number of tetrazole rings is 1. The predicted molar refractivity (Wildman–Crippen MR) is 153 cm³/mol. The number of aliphatic hydroxyl groups excluding tert-OH is 1. The summed E-state index contributed by atoms with van der Waals surface area (Å²) in [5.74, 6) is -0.358. The molecule has 1 aliphatic rings. The van der Waals surface area contributed by atoms with Gasteiger partial charge in [-0.05, 0) is 59.3 Å². The summed E-state index contributed by atoms with van der Waals surface area (Å²) in [5.41, 5.74) is 3.22. The number of anilines is 2. The standard InChI is InChI=1S/C27H26ClN9O5/c1-42-27(41)31-17-4-6-19-20(11-17)32-25(40)9-5-18(38)12-21(26-29-13-22(19)34-26)33-24(39)8-2-15-10-16(28)3-7-23(15)37-14-30-35-36-37/h2-4,6-8,10-11,13-14,18,21,38H,5,9,12H2,1H3,(H,29,34)(H,31,41)(H,32,40)(H,33,39). The highest BCUT2D eigenvalue weighted by atomic mass is 35.5. The summed E-state index contributed by atoms with van der Waals surface area (Å²) in [6.07, 6.45) is 4.64. The number of hydrogen-bond donors (Lipinski definition) is 5. The van der Waals surface area contributed by atoms with Crippen LogP contribution in [0.1, 0.15) is 36.7 Å². The van der Waals surface area contributed by atoms with E-state index in [1.54, 1.807) is 48.7 Å². The number of methoxy groups -OCH3 is 1. The van der Waals surface area contributed by atoms with Crippen molar-refractivity contribution in [2.75, 3.05) is 17.7 Å². The average molecular weight is 592 g/mol. The van der Waals surface area contributed by atoms with Crippen LogP contribution in [0.25, 0.3) is 23.0 Å². The Morgan fingerprint density at radius 2 is 2.10 bits per heavy atom. The van der Waals surface area contributed by atoms with E-state index in [0.717, 1.165) is 0 Å². The smallest absolute Gasteiger partial charge is 0.411 e. The molecular weight excluding hydrogens is 566 g/mol. The first-order valence-electron chi connectivity index (χ1n) is 12.8. The molecule has 5 rings (SSSR count). The summed E-state index contributed by atoms with van der Waals surface area (Å²) in [4.78, 5) is 45.1. The Hall–Kier alpha value is -5.08. The van der Waals surface area contributed by atoms with Crippen molar-refractivity contribution in [3.63, 3.8) is 0 Å². The Labute approximate surface area is 244 Å². The summed E-state index contributed by atoms with van der Waals surface area (Å²) in [5, 5.41) is 30.7. The van der Waals surface area contributed by atoms with Crippen molar-refractivity contribution < 1.29 is 24.2 Å². The lowest BCUT2D eigenvalue weighted by atomic mass is 10.0. The number of rotatable bonds is 5. The van der Waals surface area contributed by atoms with Gasteiger partial charge in [-0.1, -0.05) is 11.6 Å². The molecule has 2 atom stereocenters. The fourth-order valence-corrected chi connectivity index (χ4v) is 4.62. The van der Waals surface area contributed by atoms with Gasteiger partial charge < -0.3 is 25.5 Å². The first-order chi connectivity index (χ1) is 20.3. The monoisotopic (exact) mass is 591 g/mol. The van der Waals surface area contributed by atoms with Crippen LogP contribution in [0.5, 0.6) is 0 Å². The number of amides is 3. The number of hydrogen-bond acceptors (Lipinski definition) is 9. The molecule has 1 aliphatic heterocycles. The molecule has 2 aromatic heterocycles. The van der Waals surface area contributed by atoms with Crippen molar-refractivity contribution in [3.05, 3.63) is 71.4 Å². The van der Waals surface area contributed by atoms with Gasteiger partial charge >= 0.3 is 6.09 Å². The molecular formula is C27H26ClN9O5. The van der Waals surface area contributed by atoms with Gasteiger partial charge in [0.1, 0.15) is 12.2 Å². The number of aliphatic hydroxyl groups is 1. The third-order valence-corrected chi connectivity index (χ3v) is 6.70. The maximum absolute atomic E-state index is 13.1. The maximum atomic E-state index is 13.1. The van der Waals surface area contributed by atoms with E-state index in [9.17, 15) is 19.5 Å². The summed E-state index contributed by atoms with van der Waals surface area (Å²) in [6.45, 7) is 0. The predicted octanol–water partition coefficient (Wildman–Crippen LogP) is 3.24. The zero-order chi connectivity index (χ0) is 29.6. The third-order valence-electron chi connectivity index (χ3n) is 6.47. The second kappa shape index (κ2) is 12.6. The highest BCUT2D eigenvalue weighted by Crippen LogP contribution is 2.32. The second-order valence-electron chi connectivity index (χ2n) is 9.39. The Balaban J connectivity index is 1.41. The minimum atomic E-state index is -0.913. The highest BCUT2D eigenvalue weighted by Gasteiger charge is 2.24. The molecule has 2 bridgehead atoms. The molecule has 42 heavy (non-hydrogen) atoms. The molecule has 0 saturated carbocycles. The normalized spacial score (nSPS) is 17.0. The Kier molecular flexibility index (Phi) is 8.55. The van der Waals surface area contributed by atoms with Gasteiger partial charge in [0.05, 0.1) is 42.5 Å². The highest BCUT2D eigenvalue weighted by molar-refractivity contribution is 6.30. The van der Waals surface area contributed by atoms with E-state index >= 15 is 0 Å². The molecule has 0 fully saturated rings. The zero-order valence-electron chi connectivity index (χ0n) is 22.2. The maximum Gasteiger partial charge on any atom is 0.411 e. The van der Waals surface area contributed by atoms with E-state index in [1.807, 2.05) is 0 Å². The molecule has 216 valence electrons. The van der Waals surface area contributed by atoms with E-state index in [-0.39, 0.29) is 25.2 Å². The molecule has 0 saturated heterocycles. The summed E-state index contributed by atoms with van der Waals surface area (Å²) >= 11 is 6.17. The second-order valence-corrected chi connectivity index (χ2v) is 9.82. The Bertz CT molecular complexity index is 1640. The molecule has 3 amide bonds. The van der Waals surface area contributed by atoms with E-state index < -0.39 is 24.1 Å². The summed E-state index contributed by atoms with van der Waals surface area (Å²) < 4.78 is 6.09. The van der Waals surface area contributed by atoms with Crippen molar-refractivity contribution in [2.24, 2.45) is 0 Å². The fraction of sp³-hybridized carbons (Fsp3) is 0.222. The average Bonchev–Trinajstić information content (AvgIpc) is 3.68. The Morgan fingerprint density at radius 1 is 1.24 bits per heavy atom. The van der Waals surface area contributed by atoms with E-state index in [4.69, 9.17) is 11.6 Å². The van der Waals surface area contributed by atoms with Crippen molar-refractivity contribution in [1.29, 1.82) is 0 Å². The molecule has 0 aliphatic carbocycles. The van der Waals surface area contributed by atoms with Gasteiger partial charge in [-0.3, -0.25) is 14.9 Å². The van der Waals surface area contributed by atoms with Crippen LogP contribution in [0.4, 0.5) is 16.2 Å². The number of carbonyl (C=O) groups is 3. The topological polar surface area (TPSA) is 189 Å². The number of ether oxygens (including phenoxy) is 1. The molecule has 14 nitrogen and oxygen atoms in total. The number of aromatic amines is 1. The van der Waals surface area contributed by atoms with Crippen LogP contribution in [0.2, 0.25) is 5.02 Å². The van der Waals surface area contributed by atoms with Crippen molar-refractivity contribution in [3.8, 4) is 16.9 Å². The van der Waals surface area contributed by atoms with Gasteiger partial charge in [0.25, 0.3) is 0 Å². The van der Waals surface area contributed by atoms with Gasteiger partial charge in [0.2, 0.25) is 11.8 Å². The van der Waals surface area contributed by atoms with Gasteiger partial charge in [0.15, 0.2) is 0 Å². The Morgan fingerprint density at radius 3 is 2.88 bits per heavy atom. The van der Waals surface area contributed by atoms with Crippen molar-refractivity contribution in [1.82, 2.24) is 35.5 Å². The van der Waals surface area contributed by atoms with Crippen LogP contribution >= 0.6 is 11.6 Å². The van der Waals surface area contributed by atoms with Crippen LogP contribution in [0, 0.1) is 0 Å². The van der Waals surface area contributed by atoms with Gasteiger partial charge in [0, 0.05) is 40.8 Å². The van der Waals surface area contributed by atoms with Gasteiger partial charge in [-0.15, -0.1) is 5.10 Å². The van der Waals surface area contributed by atoms with Crippen molar-refractivity contribution >= 4 is 47.0 Å². The quantitative estimate of drug-likeness (QED) is 0.217. The van der Waals surface area contributed by atoms with Crippen molar-refractivity contribution in [2.45, 2.75) is 31.4 Å². The lowest BCUT2D eigenvalue weighted by Gasteiger charge is -2.20. The van der Waals surface area contributed by atoms with Crippen LogP contribution in [-0.4, -0.2) is 66.4 Å². The van der Waals surface area contributed by atoms with Crippen LogP contribution in [0.3, 0.4) is 0 Å². The van der Waals surface area contributed by atoms with E-state index in [0.29, 0.717) is 44.7 Å². The summed E-state index contributed by atoms with van der Waals surface area (Å²) in [6, 6.07) is 9.35. The molecule has 2 aromatic carbocycles. The SMILES string of the molecule is COC(=O)Nc1ccc2c(c1)NC(=O)CCC(O)CC(NC(=O)C=Cc1cc(Cl)ccc1-n1cnnn1)c1ncc-2[nH]1. The molecule has 2 unspecified atom stereocenters. The number of carbonyl (C=O) groups excluding carboxylic acids is 3. The molecule has 5 N–H and O–H groups in total. The molecule has 0 spiro atoms. The summed E-state index contributed by atoms with van der Waals surface area (Å²) in [7, 11) is 1.25. The molecule has 0 radical (unpaired) electrons. The lowest BCUT2D eigenvalue weighted by molar-refractivity contribution is -0.118. The van der Waals surface area contributed by atoms with E-state index in [2.05, 4.69) is 46.2 Å². The fourth-order valence-electron chi connectivity index (χ4n) is 4.44. The molecule has 15 heteroatoms.